The molecule has 2 heterocycles. The van der Waals surface area contributed by atoms with Gasteiger partial charge in [-0.1, -0.05) is 18.2 Å². The third kappa shape index (κ3) is 4.25. The van der Waals surface area contributed by atoms with Gasteiger partial charge in [-0.25, -0.2) is 17.6 Å². The molecule has 1 saturated heterocycles. The number of benzene rings is 2. The molecule has 0 saturated carbocycles. The van der Waals surface area contributed by atoms with Gasteiger partial charge in [0.05, 0.1) is 10.6 Å². The number of anilines is 1. The summed E-state index contributed by atoms with van der Waals surface area (Å²) in [6.45, 7) is -0.914. The molecular formula is C22H20F4N4O5S. The molecule has 0 aromatic heterocycles. The average Bonchev–Trinajstić information content (AvgIpc) is 3.15. The number of carbonyl (C=O) groups excluding carboxylic acids is 3. The molecule has 2 aromatic rings. The van der Waals surface area contributed by atoms with E-state index >= 15 is 0 Å². The van der Waals surface area contributed by atoms with E-state index in [1.165, 1.54) is 24.3 Å². The summed E-state index contributed by atoms with van der Waals surface area (Å²) in [7, 11) is -4.04. The Hall–Kier alpha value is -3.68. The van der Waals surface area contributed by atoms with Crippen LogP contribution in [-0.4, -0.2) is 60.6 Å². The van der Waals surface area contributed by atoms with Gasteiger partial charge in [0.2, 0.25) is 5.91 Å². The van der Waals surface area contributed by atoms with Gasteiger partial charge in [-0.3, -0.25) is 14.5 Å². The van der Waals surface area contributed by atoms with Crippen molar-refractivity contribution in [1.82, 2.24) is 15.1 Å². The normalized spacial score (nSPS) is 21.4. The van der Waals surface area contributed by atoms with E-state index in [1.807, 2.05) is 0 Å². The largest absolute Gasteiger partial charge is 0.408 e. The number of nitrogen functional groups attached to an aromatic ring is 1. The van der Waals surface area contributed by atoms with Crippen LogP contribution in [0.3, 0.4) is 0 Å². The number of hydrogen-bond donors (Lipinski definition) is 2. The Bertz CT molecular complexity index is 1360. The molecule has 0 bridgehead atoms. The Morgan fingerprint density at radius 2 is 1.83 bits per heavy atom. The summed E-state index contributed by atoms with van der Waals surface area (Å²) in [5.74, 6) is -3.76. The molecule has 9 nitrogen and oxygen atoms in total. The predicted octanol–water partition coefficient (Wildman–Crippen LogP) is 1.92. The van der Waals surface area contributed by atoms with Crippen molar-refractivity contribution >= 4 is 33.4 Å². The Kier molecular flexibility index (Phi) is 5.98. The maximum atomic E-state index is 13.5. The number of alkyl halides is 3. The summed E-state index contributed by atoms with van der Waals surface area (Å²) < 4.78 is 79.2. The minimum absolute atomic E-state index is 0.0446. The first kappa shape index (κ1) is 25.4. The van der Waals surface area contributed by atoms with Crippen LogP contribution in [0.25, 0.3) is 0 Å². The first-order valence-corrected chi connectivity index (χ1v) is 12.2. The van der Waals surface area contributed by atoms with Crippen molar-refractivity contribution in [2.45, 2.75) is 36.1 Å². The minimum atomic E-state index is -4.84. The van der Waals surface area contributed by atoms with E-state index in [-0.39, 0.29) is 21.7 Å². The Morgan fingerprint density at radius 1 is 1.19 bits per heavy atom. The molecule has 192 valence electrons. The molecule has 4 amide bonds. The average molecular weight is 528 g/mol. The highest BCUT2D eigenvalue weighted by atomic mass is 32.2. The van der Waals surface area contributed by atoms with E-state index in [1.54, 1.807) is 0 Å². The highest BCUT2D eigenvalue weighted by molar-refractivity contribution is 7.92. The molecule has 0 radical (unpaired) electrons. The SMILES string of the molecule is C[C@H](N(Cc1ccc(F)cc1)C(=O)CN1C(=O)N[C@]2(CS(=O)(=O)c3cc(N)ccc32)C1=O)C(F)(F)F. The number of amides is 4. The fraction of sp³-hybridized carbons (Fsp3) is 0.318. The molecule has 2 aliphatic rings. The summed E-state index contributed by atoms with van der Waals surface area (Å²) in [5, 5.41) is 2.30. The van der Waals surface area contributed by atoms with Gasteiger partial charge in [-0.2, -0.15) is 13.2 Å². The number of fused-ring (bicyclic) bond motifs is 2. The zero-order valence-electron chi connectivity index (χ0n) is 18.7. The molecule has 3 N–H and O–H groups in total. The van der Waals surface area contributed by atoms with Crippen molar-refractivity contribution < 1.29 is 40.4 Å². The van der Waals surface area contributed by atoms with E-state index < -0.39 is 70.1 Å². The van der Waals surface area contributed by atoms with Gasteiger partial charge >= 0.3 is 12.2 Å². The van der Waals surface area contributed by atoms with Crippen molar-refractivity contribution in [3.05, 3.63) is 59.4 Å². The second-order valence-electron chi connectivity index (χ2n) is 8.61. The lowest BCUT2D eigenvalue weighted by Crippen LogP contribution is -2.51. The Balaban J connectivity index is 1.64. The number of nitrogens with one attached hydrogen (secondary N) is 1. The third-order valence-corrected chi connectivity index (χ3v) is 8.02. The summed E-state index contributed by atoms with van der Waals surface area (Å²) in [6, 6.07) is 4.75. The quantitative estimate of drug-likeness (QED) is 0.347. The molecule has 2 aliphatic heterocycles. The number of sulfone groups is 1. The lowest BCUT2D eigenvalue weighted by Gasteiger charge is -2.32. The van der Waals surface area contributed by atoms with E-state index in [4.69, 9.17) is 5.73 Å². The van der Waals surface area contributed by atoms with Crippen LogP contribution < -0.4 is 11.1 Å². The lowest BCUT2D eigenvalue weighted by molar-refractivity contribution is -0.187. The van der Waals surface area contributed by atoms with E-state index in [0.29, 0.717) is 9.80 Å². The van der Waals surface area contributed by atoms with Crippen LogP contribution in [0.15, 0.2) is 47.4 Å². The zero-order chi connectivity index (χ0) is 26.6. The van der Waals surface area contributed by atoms with Crippen molar-refractivity contribution in [3.8, 4) is 0 Å². The maximum absolute atomic E-state index is 13.5. The van der Waals surface area contributed by atoms with Crippen molar-refractivity contribution in [1.29, 1.82) is 0 Å². The van der Waals surface area contributed by atoms with Crippen LogP contribution in [-0.2, 0) is 31.5 Å². The highest BCUT2D eigenvalue weighted by Crippen LogP contribution is 2.43. The van der Waals surface area contributed by atoms with Gasteiger partial charge in [-0.05, 0) is 36.8 Å². The number of hydrogen-bond acceptors (Lipinski definition) is 6. The summed E-state index contributed by atoms with van der Waals surface area (Å²) in [4.78, 5) is 39.6. The molecule has 1 fully saturated rings. The molecule has 0 aliphatic carbocycles. The Morgan fingerprint density at radius 3 is 2.44 bits per heavy atom. The number of carbonyl (C=O) groups is 3. The van der Waals surface area contributed by atoms with Crippen molar-refractivity contribution in [2.75, 3.05) is 18.0 Å². The Labute approximate surface area is 202 Å². The number of halogens is 4. The smallest absolute Gasteiger partial charge is 0.399 e. The number of urea groups is 1. The van der Waals surface area contributed by atoms with Crippen molar-refractivity contribution in [3.63, 3.8) is 0 Å². The predicted molar refractivity (Wildman–Crippen MR) is 117 cm³/mol. The fourth-order valence-corrected chi connectivity index (χ4v) is 6.24. The number of nitrogens with two attached hydrogens (primary N) is 1. The molecule has 2 aromatic carbocycles. The minimum Gasteiger partial charge on any atom is -0.399 e. The molecule has 0 unspecified atom stereocenters. The van der Waals surface area contributed by atoms with Crippen LogP contribution >= 0.6 is 0 Å². The summed E-state index contributed by atoms with van der Waals surface area (Å²) in [6.07, 6.45) is -4.84. The van der Waals surface area contributed by atoms with Crippen LogP contribution in [0.4, 0.5) is 28.0 Å². The van der Waals surface area contributed by atoms with Gasteiger partial charge in [0, 0.05) is 17.8 Å². The first-order chi connectivity index (χ1) is 16.7. The van der Waals surface area contributed by atoms with Gasteiger partial charge in [-0.15, -0.1) is 0 Å². The van der Waals surface area contributed by atoms with Gasteiger partial charge < -0.3 is 16.0 Å². The first-order valence-electron chi connectivity index (χ1n) is 10.5. The fourth-order valence-electron chi connectivity index (χ4n) is 4.27. The third-order valence-electron chi connectivity index (χ3n) is 6.20. The highest BCUT2D eigenvalue weighted by Gasteiger charge is 2.60. The molecule has 14 heteroatoms. The standard InChI is InChI=1S/C22H20F4N4O5S/c1-12(22(24,25)26)29(9-13-2-4-14(23)5-3-13)18(31)10-30-19(32)21(28-20(30)33)11-36(34,35)17-8-15(27)6-7-16(17)21/h2-8,12H,9-11,27H2,1H3,(H,28,33)/t12-,21-/m0/s1. The van der Waals surface area contributed by atoms with Gasteiger partial charge in [0.25, 0.3) is 5.91 Å². The van der Waals surface area contributed by atoms with Crippen LogP contribution in [0.1, 0.15) is 18.1 Å². The molecule has 4 rings (SSSR count). The molecule has 2 atom stereocenters. The second kappa shape index (κ2) is 8.47. The number of nitrogens with zero attached hydrogens (tertiary/aromatic N) is 2. The molecular weight excluding hydrogens is 508 g/mol. The van der Waals surface area contributed by atoms with Crippen LogP contribution in [0.2, 0.25) is 0 Å². The number of imide groups is 1. The molecule has 36 heavy (non-hydrogen) atoms. The van der Waals surface area contributed by atoms with E-state index in [0.717, 1.165) is 25.1 Å². The van der Waals surface area contributed by atoms with Gasteiger partial charge in [0.1, 0.15) is 18.4 Å². The molecule has 1 spiro atoms. The number of rotatable bonds is 5. The zero-order valence-corrected chi connectivity index (χ0v) is 19.5. The lowest BCUT2D eigenvalue weighted by atomic mass is 9.92. The summed E-state index contributed by atoms with van der Waals surface area (Å²) in [5.41, 5.74) is 3.87. The van der Waals surface area contributed by atoms with Gasteiger partial charge in [0.15, 0.2) is 15.4 Å². The maximum Gasteiger partial charge on any atom is 0.408 e. The summed E-state index contributed by atoms with van der Waals surface area (Å²) >= 11 is 0. The second-order valence-corrected chi connectivity index (χ2v) is 10.6. The van der Waals surface area contributed by atoms with Crippen LogP contribution in [0.5, 0.6) is 0 Å². The van der Waals surface area contributed by atoms with Crippen molar-refractivity contribution in [2.24, 2.45) is 0 Å². The monoisotopic (exact) mass is 528 g/mol. The van der Waals surface area contributed by atoms with Crippen LogP contribution in [0, 0.1) is 5.82 Å². The topological polar surface area (TPSA) is 130 Å². The van der Waals surface area contributed by atoms with E-state index in [9.17, 15) is 40.4 Å². The van der Waals surface area contributed by atoms with E-state index in [2.05, 4.69) is 5.32 Å².